The smallest absolute Gasteiger partial charge is 0.203 e. The molecule has 0 aliphatic heterocycles. The van der Waals surface area contributed by atoms with Crippen LogP contribution in [0.25, 0.3) is 0 Å². The molecule has 0 radical (unpaired) electrons. The van der Waals surface area contributed by atoms with Crippen molar-refractivity contribution in [1.82, 2.24) is 14.5 Å². The summed E-state index contributed by atoms with van der Waals surface area (Å²) in [6.45, 7) is 6.27. The first-order valence-corrected chi connectivity index (χ1v) is 6.74. The predicted octanol–water partition coefficient (Wildman–Crippen LogP) is 2.21. The van der Waals surface area contributed by atoms with Crippen molar-refractivity contribution in [3.63, 3.8) is 0 Å². The van der Waals surface area contributed by atoms with Gasteiger partial charge in [0.1, 0.15) is 0 Å². The van der Waals surface area contributed by atoms with Crippen molar-refractivity contribution in [1.29, 1.82) is 0 Å². The third-order valence-electron chi connectivity index (χ3n) is 2.69. The molecule has 0 saturated carbocycles. The molecule has 0 fully saturated rings. The van der Waals surface area contributed by atoms with Gasteiger partial charge < -0.3 is 14.6 Å². The highest BCUT2D eigenvalue weighted by molar-refractivity contribution is 7.09. The molecular formula is C12H18N4OS. The fourth-order valence-electron chi connectivity index (χ4n) is 1.70. The van der Waals surface area contributed by atoms with Gasteiger partial charge in [-0.05, 0) is 13.8 Å². The molecule has 2 aromatic rings. The van der Waals surface area contributed by atoms with E-state index in [1.807, 2.05) is 25.6 Å². The third-order valence-corrected chi connectivity index (χ3v) is 3.62. The SMILES string of the molecule is COCCn1cc(C)nc1NCc1scnc1C. The summed E-state index contributed by atoms with van der Waals surface area (Å²) in [6, 6.07) is 0. The largest absolute Gasteiger partial charge is 0.383 e. The van der Waals surface area contributed by atoms with Crippen LogP contribution >= 0.6 is 11.3 Å². The molecule has 0 aliphatic carbocycles. The molecule has 0 spiro atoms. The van der Waals surface area contributed by atoms with Gasteiger partial charge in [-0.1, -0.05) is 0 Å². The first kappa shape index (κ1) is 13.0. The van der Waals surface area contributed by atoms with Crippen LogP contribution in [0.5, 0.6) is 0 Å². The van der Waals surface area contributed by atoms with Crippen LogP contribution in [0.15, 0.2) is 11.7 Å². The number of ether oxygens (including phenoxy) is 1. The van der Waals surface area contributed by atoms with E-state index >= 15 is 0 Å². The van der Waals surface area contributed by atoms with E-state index in [1.165, 1.54) is 4.88 Å². The van der Waals surface area contributed by atoms with Gasteiger partial charge in [0.2, 0.25) is 5.95 Å². The Hall–Kier alpha value is -1.40. The van der Waals surface area contributed by atoms with E-state index in [2.05, 4.69) is 19.9 Å². The lowest BCUT2D eigenvalue weighted by Gasteiger charge is -2.08. The maximum atomic E-state index is 5.10. The van der Waals surface area contributed by atoms with E-state index in [1.54, 1.807) is 18.4 Å². The average Bonchev–Trinajstić information content (AvgIpc) is 2.90. The second-order valence-corrected chi connectivity index (χ2v) is 5.05. The number of hydrogen-bond acceptors (Lipinski definition) is 5. The fraction of sp³-hybridized carbons (Fsp3) is 0.500. The molecule has 0 aromatic carbocycles. The van der Waals surface area contributed by atoms with Crippen LogP contribution in [-0.2, 0) is 17.8 Å². The second kappa shape index (κ2) is 5.97. The number of aromatic nitrogens is 3. The highest BCUT2D eigenvalue weighted by Gasteiger charge is 2.07. The van der Waals surface area contributed by atoms with Crippen molar-refractivity contribution >= 4 is 17.3 Å². The van der Waals surface area contributed by atoms with Crippen molar-refractivity contribution in [2.45, 2.75) is 26.9 Å². The highest BCUT2D eigenvalue weighted by atomic mass is 32.1. The maximum absolute atomic E-state index is 5.10. The normalized spacial score (nSPS) is 10.8. The van der Waals surface area contributed by atoms with Gasteiger partial charge in [-0.25, -0.2) is 9.97 Å². The first-order valence-electron chi connectivity index (χ1n) is 5.86. The Morgan fingerprint density at radius 3 is 2.94 bits per heavy atom. The number of hydrogen-bond donors (Lipinski definition) is 1. The van der Waals surface area contributed by atoms with Crippen LogP contribution in [0.1, 0.15) is 16.3 Å². The molecule has 98 valence electrons. The zero-order valence-electron chi connectivity index (χ0n) is 10.9. The topological polar surface area (TPSA) is 52.0 Å². The lowest BCUT2D eigenvalue weighted by atomic mass is 10.4. The van der Waals surface area contributed by atoms with Gasteiger partial charge in [0.25, 0.3) is 0 Å². The van der Waals surface area contributed by atoms with E-state index in [9.17, 15) is 0 Å². The maximum Gasteiger partial charge on any atom is 0.203 e. The molecule has 1 N–H and O–H groups in total. The zero-order valence-corrected chi connectivity index (χ0v) is 11.8. The van der Waals surface area contributed by atoms with Gasteiger partial charge in [-0.2, -0.15) is 0 Å². The van der Waals surface area contributed by atoms with Crippen LogP contribution in [0, 0.1) is 13.8 Å². The second-order valence-electron chi connectivity index (χ2n) is 4.11. The Bertz CT molecular complexity index is 506. The predicted molar refractivity (Wildman–Crippen MR) is 73.0 cm³/mol. The van der Waals surface area contributed by atoms with Gasteiger partial charge in [0.15, 0.2) is 0 Å². The third kappa shape index (κ3) is 3.08. The average molecular weight is 266 g/mol. The molecule has 0 saturated heterocycles. The quantitative estimate of drug-likeness (QED) is 0.871. The molecule has 0 unspecified atom stereocenters. The van der Waals surface area contributed by atoms with E-state index in [-0.39, 0.29) is 0 Å². The number of nitrogens with one attached hydrogen (secondary N) is 1. The number of anilines is 1. The van der Waals surface area contributed by atoms with Crippen molar-refractivity contribution in [2.24, 2.45) is 0 Å². The molecule has 5 nitrogen and oxygen atoms in total. The molecular weight excluding hydrogens is 248 g/mol. The summed E-state index contributed by atoms with van der Waals surface area (Å²) in [7, 11) is 1.71. The van der Waals surface area contributed by atoms with Crippen molar-refractivity contribution < 1.29 is 4.74 Å². The van der Waals surface area contributed by atoms with Crippen LogP contribution in [0.4, 0.5) is 5.95 Å². The summed E-state index contributed by atoms with van der Waals surface area (Å²) >= 11 is 1.66. The molecule has 0 bridgehead atoms. The standard InChI is InChI=1S/C12H18N4OS/c1-9-7-16(4-5-17-3)12(15-9)13-6-11-10(2)14-8-18-11/h7-8H,4-6H2,1-3H3,(H,13,15). The number of nitrogens with zero attached hydrogens (tertiary/aromatic N) is 3. The van der Waals surface area contributed by atoms with Gasteiger partial charge in [-0.15, -0.1) is 11.3 Å². The Kier molecular flexibility index (Phi) is 4.33. The van der Waals surface area contributed by atoms with Crippen LogP contribution in [-0.4, -0.2) is 28.3 Å². The summed E-state index contributed by atoms with van der Waals surface area (Å²) in [6.07, 6.45) is 2.03. The lowest BCUT2D eigenvalue weighted by Crippen LogP contribution is -2.09. The number of methoxy groups -OCH3 is 1. The molecule has 2 heterocycles. The summed E-state index contributed by atoms with van der Waals surface area (Å²) in [5.74, 6) is 0.886. The fourth-order valence-corrected chi connectivity index (χ4v) is 2.42. The Labute approximate surface area is 111 Å². The molecule has 0 atom stereocenters. The first-order chi connectivity index (χ1) is 8.70. The summed E-state index contributed by atoms with van der Waals surface area (Å²) in [5.41, 5.74) is 3.96. The summed E-state index contributed by atoms with van der Waals surface area (Å²) < 4.78 is 7.17. The number of thiazole rings is 1. The highest BCUT2D eigenvalue weighted by Crippen LogP contribution is 2.15. The molecule has 0 amide bonds. The van der Waals surface area contributed by atoms with E-state index in [0.717, 1.165) is 30.4 Å². The Balaban J connectivity index is 2.02. The van der Waals surface area contributed by atoms with Gasteiger partial charge in [-0.3, -0.25) is 0 Å². The van der Waals surface area contributed by atoms with Crippen molar-refractivity contribution in [3.8, 4) is 0 Å². The monoisotopic (exact) mass is 266 g/mol. The van der Waals surface area contributed by atoms with Crippen LogP contribution in [0.3, 0.4) is 0 Å². The Morgan fingerprint density at radius 2 is 2.28 bits per heavy atom. The van der Waals surface area contributed by atoms with Crippen molar-refractivity contribution in [2.75, 3.05) is 19.0 Å². The molecule has 18 heavy (non-hydrogen) atoms. The lowest BCUT2D eigenvalue weighted by molar-refractivity contribution is 0.187. The minimum atomic E-state index is 0.685. The van der Waals surface area contributed by atoms with Crippen molar-refractivity contribution in [3.05, 3.63) is 28.0 Å². The van der Waals surface area contributed by atoms with Gasteiger partial charge in [0.05, 0.1) is 30.1 Å². The van der Waals surface area contributed by atoms with Crippen LogP contribution in [0.2, 0.25) is 0 Å². The van der Waals surface area contributed by atoms with Gasteiger partial charge in [0, 0.05) is 24.7 Å². The molecule has 0 aliphatic rings. The molecule has 2 rings (SSSR count). The van der Waals surface area contributed by atoms with Crippen LogP contribution < -0.4 is 5.32 Å². The van der Waals surface area contributed by atoms with E-state index in [4.69, 9.17) is 4.74 Å². The Morgan fingerprint density at radius 1 is 1.44 bits per heavy atom. The van der Waals surface area contributed by atoms with Gasteiger partial charge >= 0.3 is 0 Å². The number of imidazole rings is 1. The summed E-state index contributed by atoms with van der Waals surface area (Å²) in [5, 5.41) is 3.35. The van der Waals surface area contributed by atoms with E-state index in [0.29, 0.717) is 6.61 Å². The van der Waals surface area contributed by atoms with E-state index < -0.39 is 0 Å². The molecule has 2 aromatic heterocycles. The number of rotatable bonds is 6. The minimum absolute atomic E-state index is 0.685. The summed E-state index contributed by atoms with van der Waals surface area (Å²) in [4.78, 5) is 9.96. The molecule has 6 heteroatoms. The zero-order chi connectivity index (χ0) is 13.0. The minimum Gasteiger partial charge on any atom is -0.383 e. The number of aryl methyl sites for hydroxylation is 2.